The number of sulfonamides is 1. The summed E-state index contributed by atoms with van der Waals surface area (Å²) >= 11 is 0. The van der Waals surface area contributed by atoms with Crippen LogP contribution in [0.5, 0.6) is 0 Å². The lowest BCUT2D eigenvalue weighted by Crippen LogP contribution is -2.35. The number of carboxylic acid groups (broad SMARTS) is 1. The van der Waals surface area contributed by atoms with Gasteiger partial charge in [-0.2, -0.15) is 0 Å². The number of nitrogens with zero attached hydrogens (tertiary/aromatic N) is 1. The first-order valence-corrected chi connectivity index (χ1v) is 9.72. The molecule has 0 aliphatic heterocycles. The van der Waals surface area contributed by atoms with Crippen molar-refractivity contribution >= 4 is 27.6 Å². The van der Waals surface area contributed by atoms with E-state index in [1.54, 1.807) is 32.1 Å². The Morgan fingerprint density at radius 3 is 2.23 bits per heavy atom. The highest BCUT2D eigenvalue weighted by atomic mass is 32.2. The first-order chi connectivity index (χ1) is 12.1. The Hall–Kier alpha value is -2.19. The number of nitrogens with one attached hydrogen (secondary N) is 1. The molecule has 0 bridgehead atoms. The molecule has 0 saturated carbocycles. The predicted octanol–water partition coefficient (Wildman–Crippen LogP) is 2.16. The molecule has 1 aliphatic carbocycles. The highest BCUT2D eigenvalue weighted by molar-refractivity contribution is 7.89. The highest BCUT2D eigenvalue weighted by Crippen LogP contribution is 2.30. The van der Waals surface area contributed by atoms with Crippen LogP contribution in [-0.2, 0) is 19.6 Å². The minimum Gasteiger partial charge on any atom is -0.481 e. The zero-order valence-electron chi connectivity index (χ0n) is 15.3. The molecule has 0 heterocycles. The Morgan fingerprint density at radius 1 is 1.12 bits per heavy atom. The number of allylic oxidation sites excluding steroid dienone is 2. The Labute approximate surface area is 153 Å². The second-order valence-corrected chi connectivity index (χ2v) is 8.84. The number of anilines is 1. The second-order valence-electron chi connectivity index (χ2n) is 6.68. The monoisotopic (exact) mass is 380 g/mol. The van der Waals surface area contributed by atoms with Gasteiger partial charge < -0.3 is 10.4 Å². The van der Waals surface area contributed by atoms with E-state index in [1.165, 1.54) is 20.2 Å². The summed E-state index contributed by atoms with van der Waals surface area (Å²) < 4.78 is 25.9. The van der Waals surface area contributed by atoms with Gasteiger partial charge in [-0.1, -0.05) is 12.2 Å². The number of aliphatic carboxylic acids is 1. The molecule has 0 saturated heterocycles. The van der Waals surface area contributed by atoms with E-state index in [9.17, 15) is 23.1 Å². The van der Waals surface area contributed by atoms with Crippen molar-refractivity contribution in [3.8, 4) is 0 Å². The third-order valence-electron chi connectivity index (χ3n) is 4.76. The van der Waals surface area contributed by atoms with Crippen LogP contribution in [0.2, 0.25) is 0 Å². The lowest BCUT2D eigenvalue weighted by atomic mass is 9.82. The lowest BCUT2D eigenvalue weighted by molar-refractivity contribution is -0.146. The van der Waals surface area contributed by atoms with Gasteiger partial charge in [0, 0.05) is 19.8 Å². The maximum Gasteiger partial charge on any atom is 0.307 e. The maximum atomic E-state index is 12.7. The second kappa shape index (κ2) is 7.59. The third-order valence-corrected chi connectivity index (χ3v) is 6.56. The van der Waals surface area contributed by atoms with Gasteiger partial charge in [0.2, 0.25) is 15.9 Å². The molecule has 2 rings (SSSR count). The highest BCUT2D eigenvalue weighted by Gasteiger charge is 2.34. The van der Waals surface area contributed by atoms with Gasteiger partial charge in [-0.05, 0) is 49.9 Å². The van der Waals surface area contributed by atoms with Gasteiger partial charge in [-0.3, -0.25) is 9.59 Å². The molecule has 1 aromatic carbocycles. The van der Waals surface area contributed by atoms with Crippen LogP contribution in [0.4, 0.5) is 5.69 Å². The van der Waals surface area contributed by atoms with Crippen LogP contribution in [0.1, 0.15) is 24.0 Å². The van der Waals surface area contributed by atoms with E-state index in [0.717, 1.165) is 15.4 Å². The topological polar surface area (TPSA) is 104 Å². The van der Waals surface area contributed by atoms with Crippen molar-refractivity contribution in [3.63, 3.8) is 0 Å². The molecule has 1 amide bonds. The molecule has 2 N–H and O–H groups in total. The number of hydrogen-bond acceptors (Lipinski definition) is 4. The van der Waals surface area contributed by atoms with Gasteiger partial charge in [0.05, 0.1) is 16.7 Å². The van der Waals surface area contributed by atoms with Gasteiger partial charge in [0.25, 0.3) is 0 Å². The smallest absolute Gasteiger partial charge is 0.307 e. The van der Waals surface area contributed by atoms with E-state index in [4.69, 9.17) is 0 Å². The largest absolute Gasteiger partial charge is 0.481 e. The number of carbonyl (C=O) groups is 2. The molecule has 1 aliphatic rings. The number of amides is 1. The average Bonchev–Trinajstić information content (AvgIpc) is 2.58. The van der Waals surface area contributed by atoms with E-state index >= 15 is 0 Å². The van der Waals surface area contributed by atoms with Crippen molar-refractivity contribution in [2.24, 2.45) is 11.8 Å². The summed E-state index contributed by atoms with van der Waals surface area (Å²) in [7, 11) is -0.769. The standard InChI is InChI=1S/C18H24N2O5S/c1-11-9-13(26(24,25)20(3)4)10-16(12(11)2)19-17(21)14-7-5-6-8-15(14)18(22)23/h5-6,9-10,14-15H,7-8H2,1-4H3,(H,19,21)(H,22,23)/t14-,15+/m1/s1. The van der Waals surface area contributed by atoms with Crippen LogP contribution in [0.15, 0.2) is 29.2 Å². The summed E-state index contributed by atoms with van der Waals surface area (Å²) in [5, 5.41) is 12.1. The van der Waals surface area contributed by atoms with E-state index in [1.807, 2.05) is 0 Å². The van der Waals surface area contributed by atoms with Gasteiger partial charge in [0.15, 0.2) is 0 Å². The third kappa shape index (κ3) is 3.96. The predicted molar refractivity (Wildman–Crippen MR) is 98.4 cm³/mol. The number of rotatable bonds is 5. The molecule has 0 aromatic heterocycles. The van der Waals surface area contributed by atoms with Crippen LogP contribution < -0.4 is 5.32 Å². The maximum absolute atomic E-state index is 12.7. The number of aryl methyl sites for hydroxylation is 1. The first-order valence-electron chi connectivity index (χ1n) is 8.28. The van der Waals surface area contributed by atoms with Crippen LogP contribution in [0, 0.1) is 25.7 Å². The van der Waals surface area contributed by atoms with E-state index in [-0.39, 0.29) is 4.90 Å². The van der Waals surface area contributed by atoms with Crippen molar-refractivity contribution < 1.29 is 23.1 Å². The Kier molecular flexibility index (Phi) is 5.87. The van der Waals surface area contributed by atoms with Crippen molar-refractivity contribution in [3.05, 3.63) is 35.4 Å². The van der Waals surface area contributed by atoms with Crippen molar-refractivity contribution in [1.82, 2.24) is 4.31 Å². The molecular weight excluding hydrogens is 356 g/mol. The SMILES string of the molecule is Cc1cc(S(=O)(=O)N(C)C)cc(NC(=O)[C@@H]2CC=CC[C@@H]2C(=O)O)c1C. The molecule has 26 heavy (non-hydrogen) atoms. The summed E-state index contributed by atoms with van der Waals surface area (Å²) in [5.41, 5.74) is 1.85. The van der Waals surface area contributed by atoms with Gasteiger partial charge in [-0.25, -0.2) is 12.7 Å². The fourth-order valence-electron chi connectivity index (χ4n) is 2.92. The number of hydrogen-bond donors (Lipinski definition) is 2. The van der Waals surface area contributed by atoms with Crippen LogP contribution in [0.3, 0.4) is 0 Å². The Bertz CT molecular complexity index is 859. The Balaban J connectivity index is 2.37. The molecule has 0 spiro atoms. The minimum atomic E-state index is -3.65. The minimum absolute atomic E-state index is 0.0826. The summed E-state index contributed by atoms with van der Waals surface area (Å²) in [6.45, 7) is 3.55. The number of carbonyl (C=O) groups excluding carboxylic acids is 1. The summed E-state index contributed by atoms with van der Waals surface area (Å²) in [4.78, 5) is 24.2. The van der Waals surface area contributed by atoms with Crippen molar-refractivity contribution in [2.45, 2.75) is 31.6 Å². The zero-order chi connectivity index (χ0) is 19.6. The summed E-state index contributed by atoms with van der Waals surface area (Å²) in [6, 6.07) is 2.98. The normalized spacial score (nSPS) is 20.2. The first kappa shape index (κ1) is 20.1. The summed E-state index contributed by atoms with van der Waals surface area (Å²) in [5.74, 6) is -2.89. The number of carboxylic acids is 1. The lowest BCUT2D eigenvalue weighted by Gasteiger charge is -2.25. The van der Waals surface area contributed by atoms with E-state index in [0.29, 0.717) is 18.5 Å². The quantitative estimate of drug-likeness (QED) is 0.762. The van der Waals surface area contributed by atoms with Crippen LogP contribution in [-0.4, -0.2) is 43.8 Å². The molecule has 1 aromatic rings. The van der Waals surface area contributed by atoms with Crippen LogP contribution >= 0.6 is 0 Å². The molecule has 7 nitrogen and oxygen atoms in total. The van der Waals surface area contributed by atoms with Gasteiger partial charge in [0.1, 0.15) is 0 Å². The van der Waals surface area contributed by atoms with E-state index in [2.05, 4.69) is 5.32 Å². The molecule has 142 valence electrons. The zero-order valence-corrected chi connectivity index (χ0v) is 16.1. The average molecular weight is 380 g/mol. The molecule has 8 heteroatoms. The van der Waals surface area contributed by atoms with Gasteiger partial charge >= 0.3 is 5.97 Å². The molecule has 2 atom stereocenters. The molecule has 0 fully saturated rings. The van der Waals surface area contributed by atoms with Crippen molar-refractivity contribution in [1.29, 1.82) is 0 Å². The number of benzene rings is 1. The summed E-state index contributed by atoms with van der Waals surface area (Å²) in [6.07, 6.45) is 4.22. The van der Waals surface area contributed by atoms with Crippen LogP contribution in [0.25, 0.3) is 0 Å². The molecular formula is C18H24N2O5S. The fourth-order valence-corrected chi connectivity index (χ4v) is 3.93. The molecule has 0 unspecified atom stereocenters. The van der Waals surface area contributed by atoms with Crippen molar-refractivity contribution in [2.75, 3.05) is 19.4 Å². The van der Waals surface area contributed by atoms with Gasteiger partial charge in [-0.15, -0.1) is 0 Å². The molecule has 0 radical (unpaired) electrons. The fraction of sp³-hybridized carbons (Fsp3) is 0.444. The Morgan fingerprint density at radius 2 is 1.69 bits per heavy atom. The van der Waals surface area contributed by atoms with E-state index < -0.39 is 33.7 Å².